The van der Waals surface area contributed by atoms with Crippen LogP contribution < -0.4 is 15.2 Å². The normalized spacial score (nSPS) is 23.9. The highest BCUT2D eigenvalue weighted by atomic mass is 16.7. The summed E-state index contributed by atoms with van der Waals surface area (Å²) in [7, 11) is 3.35. The number of methoxy groups -OCH3 is 2. The number of ether oxygens (including phenoxy) is 4. The lowest BCUT2D eigenvalue weighted by molar-refractivity contribution is -0.276. The third kappa shape index (κ3) is 5.45. The monoisotopic (exact) mass is 504 g/mol. The molecule has 0 amide bonds. The van der Waals surface area contributed by atoms with Gasteiger partial charge in [-0.2, -0.15) is 0 Å². The number of rotatable bonds is 7. The van der Waals surface area contributed by atoms with E-state index in [9.17, 15) is 5.11 Å². The average Bonchev–Trinajstić information content (AvgIpc) is 2.93. The van der Waals surface area contributed by atoms with Crippen LogP contribution in [0.1, 0.15) is 47.1 Å². The van der Waals surface area contributed by atoms with Crippen molar-refractivity contribution in [1.82, 2.24) is 4.90 Å². The second-order valence-corrected chi connectivity index (χ2v) is 9.95. The molecule has 0 saturated carbocycles. The quantitative estimate of drug-likeness (QED) is 0.454. The maximum atomic E-state index is 9.48. The van der Waals surface area contributed by atoms with Crippen molar-refractivity contribution in [3.8, 4) is 11.5 Å². The van der Waals surface area contributed by atoms with E-state index in [-0.39, 0.29) is 24.7 Å². The van der Waals surface area contributed by atoms with E-state index in [4.69, 9.17) is 24.7 Å². The number of fused-ring (bicyclic) bond motifs is 1. The highest BCUT2D eigenvalue weighted by molar-refractivity contribution is 5.48. The Balaban J connectivity index is 1.39. The lowest BCUT2D eigenvalue weighted by Gasteiger charge is -2.43. The van der Waals surface area contributed by atoms with Crippen LogP contribution in [0.15, 0.2) is 60.7 Å². The first-order valence-electron chi connectivity index (χ1n) is 12.8. The third-order valence-corrected chi connectivity index (χ3v) is 7.54. The number of benzene rings is 3. The van der Waals surface area contributed by atoms with Gasteiger partial charge < -0.3 is 29.8 Å². The molecule has 7 nitrogen and oxygen atoms in total. The predicted molar refractivity (Wildman–Crippen MR) is 142 cm³/mol. The maximum absolute atomic E-state index is 9.48. The first-order valence-corrected chi connectivity index (χ1v) is 12.8. The van der Waals surface area contributed by atoms with Crippen molar-refractivity contribution in [1.29, 1.82) is 0 Å². The Kier molecular flexibility index (Phi) is 7.67. The molecule has 3 aromatic rings. The molecule has 0 spiro atoms. The molecule has 2 heterocycles. The summed E-state index contributed by atoms with van der Waals surface area (Å²) in [4.78, 5) is 2.45. The largest absolute Gasteiger partial charge is 0.493 e. The van der Waals surface area contributed by atoms with Crippen LogP contribution in [-0.4, -0.2) is 43.4 Å². The van der Waals surface area contributed by atoms with Crippen LogP contribution in [-0.2, 0) is 29.0 Å². The molecule has 196 valence electrons. The second kappa shape index (κ2) is 11.1. The molecule has 0 aliphatic carbocycles. The molecule has 37 heavy (non-hydrogen) atoms. The van der Waals surface area contributed by atoms with Gasteiger partial charge in [-0.1, -0.05) is 43.3 Å². The summed E-state index contributed by atoms with van der Waals surface area (Å²) in [6.45, 7) is 4.75. The lowest BCUT2D eigenvalue weighted by atomic mass is 9.89. The number of nitrogen functional groups attached to an aromatic ring is 1. The summed E-state index contributed by atoms with van der Waals surface area (Å²) in [5, 5.41) is 9.48. The summed E-state index contributed by atoms with van der Waals surface area (Å²) in [6, 6.07) is 19.9. The third-order valence-electron chi connectivity index (χ3n) is 7.54. The highest BCUT2D eigenvalue weighted by Crippen LogP contribution is 2.42. The zero-order valence-electron chi connectivity index (χ0n) is 21.7. The number of nitrogens with two attached hydrogens (primary N) is 1. The number of aliphatic hydroxyl groups is 1. The van der Waals surface area contributed by atoms with Gasteiger partial charge in [-0.05, 0) is 52.9 Å². The summed E-state index contributed by atoms with van der Waals surface area (Å²) in [5.41, 5.74) is 12.2. The topological polar surface area (TPSA) is 86.4 Å². The molecule has 4 atom stereocenters. The Hall–Kier alpha value is -3.10. The van der Waals surface area contributed by atoms with Crippen LogP contribution in [0.4, 0.5) is 5.69 Å². The van der Waals surface area contributed by atoms with Crippen LogP contribution in [0.2, 0.25) is 0 Å². The summed E-state index contributed by atoms with van der Waals surface area (Å²) in [5.74, 6) is 1.65. The minimum absolute atomic E-state index is 0.0199. The zero-order valence-corrected chi connectivity index (χ0v) is 21.7. The van der Waals surface area contributed by atoms with E-state index >= 15 is 0 Å². The van der Waals surface area contributed by atoms with Gasteiger partial charge in [0, 0.05) is 36.8 Å². The van der Waals surface area contributed by atoms with Crippen LogP contribution in [0, 0.1) is 5.92 Å². The van der Waals surface area contributed by atoms with E-state index in [1.54, 1.807) is 14.2 Å². The van der Waals surface area contributed by atoms with Crippen molar-refractivity contribution in [2.24, 2.45) is 5.92 Å². The van der Waals surface area contributed by atoms with Gasteiger partial charge in [0.05, 0.1) is 33.0 Å². The summed E-state index contributed by atoms with van der Waals surface area (Å²) < 4.78 is 24.2. The number of hydrogen-bond acceptors (Lipinski definition) is 7. The van der Waals surface area contributed by atoms with Crippen LogP contribution in [0.25, 0.3) is 0 Å². The van der Waals surface area contributed by atoms with E-state index in [2.05, 4.69) is 24.0 Å². The van der Waals surface area contributed by atoms with Gasteiger partial charge in [0.25, 0.3) is 0 Å². The first-order chi connectivity index (χ1) is 18.0. The number of nitrogens with zero attached hydrogens (tertiary/aromatic N) is 1. The molecule has 0 unspecified atom stereocenters. The smallest absolute Gasteiger partial charge is 0.185 e. The molecule has 3 N–H and O–H groups in total. The molecule has 7 heteroatoms. The van der Waals surface area contributed by atoms with Crippen LogP contribution in [0.5, 0.6) is 11.5 Å². The number of anilines is 1. The Morgan fingerprint density at radius 3 is 2.35 bits per heavy atom. The number of hydrogen-bond donors (Lipinski definition) is 2. The fourth-order valence-electron chi connectivity index (χ4n) is 5.39. The van der Waals surface area contributed by atoms with Gasteiger partial charge in [0.2, 0.25) is 0 Å². The fourth-order valence-corrected chi connectivity index (χ4v) is 5.39. The van der Waals surface area contributed by atoms with E-state index in [0.717, 1.165) is 54.2 Å². The lowest BCUT2D eigenvalue weighted by Crippen LogP contribution is -2.45. The van der Waals surface area contributed by atoms with E-state index in [0.29, 0.717) is 5.69 Å². The van der Waals surface area contributed by atoms with Gasteiger partial charge in [-0.15, -0.1) is 0 Å². The Labute approximate surface area is 218 Å². The summed E-state index contributed by atoms with van der Waals surface area (Å²) >= 11 is 0. The van der Waals surface area contributed by atoms with E-state index in [1.807, 2.05) is 48.5 Å². The van der Waals surface area contributed by atoms with Crippen molar-refractivity contribution in [2.75, 3.05) is 33.0 Å². The minimum Gasteiger partial charge on any atom is -0.493 e. The molecule has 5 rings (SSSR count). The Morgan fingerprint density at radius 2 is 1.68 bits per heavy atom. The van der Waals surface area contributed by atoms with E-state index < -0.39 is 6.29 Å². The molecular formula is C30H36N2O5. The molecule has 2 aliphatic rings. The first kappa shape index (κ1) is 25.5. The molecule has 1 saturated heterocycles. The van der Waals surface area contributed by atoms with Gasteiger partial charge in [-0.3, -0.25) is 4.90 Å². The maximum Gasteiger partial charge on any atom is 0.185 e. The molecule has 1 fully saturated rings. The van der Waals surface area contributed by atoms with Gasteiger partial charge >= 0.3 is 0 Å². The van der Waals surface area contributed by atoms with Crippen LogP contribution in [0.3, 0.4) is 0 Å². The zero-order chi connectivity index (χ0) is 25.9. The molecule has 0 radical (unpaired) electrons. The molecule has 0 aromatic heterocycles. The van der Waals surface area contributed by atoms with Gasteiger partial charge in [-0.25, -0.2) is 0 Å². The second-order valence-electron chi connectivity index (χ2n) is 9.95. The average molecular weight is 505 g/mol. The fraction of sp³-hybridized carbons (Fsp3) is 0.400. The molecule has 0 bridgehead atoms. The summed E-state index contributed by atoms with van der Waals surface area (Å²) in [6.07, 6.45) is 0.218. The molecule has 3 aromatic carbocycles. The van der Waals surface area contributed by atoms with Crippen molar-refractivity contribution in [2.45, 2.75) is 45.0 Å². The van der Waals surface area contributed by atoms with Gasteiger partial charge in [0.15, 0.2) is 17.8 Å². The van der Waals surface area contributed by atoms with Crippen molar-refractivity contribution < 1.29 is 24.1 Å². The van der Waals surface area contributed by atoms with Crippen molar-refractivity contribution in [3.05, 3.63) is 88.5 Å². The standard InChI is InChI=1S/C30H36N2O5/c1-19-28(17-32-12-11-22-14-26(34-2)27(35-3)15-24(22)16-32)36-30(23-5-4-6-25(31)13-23)37-29(19)21-9-7-20(18-33)8-10-21/h4-10,13-15,19,28-30,33H,11-12,16-18,31H2,1-3H3/t19-,28+,29+,30+/m0/s1. The minimum atomic E-state index is -0.520. The van der Waals surface area contributed by atoms with Crippen LogP contribution >= 0.6 is 0 Å². The van der Waals surface area contributed by atoms with Crippen molar-refractivity contribution >= 4 is 5.69 Å². The van der Waals surface area contributed by atoms with Crippen molar-refractivity contribution in [3.63, 3.8) is 0 Å². The molecule has 2 aliphatic heterocycles. The predicted octanol–water partition coefficient (Wildman–Crippen LogP) is 4.63. The number of aliphatic hydroxyl groups excluding tert-OH is 1. The molecular weight excluding hydrogens is 468 g/mol. The Morgan fingerprint density at radius 1 is 0.946 bits per heavy atom. The Bertz CT molecular complexity index is 1220. The highest BCUT2D eigenvalue weighted by Gasteiger charge is 2.39. The van der Waals surface area contributed by atoms with Gasteiger partial charge in [0.1, 0.15) is 0 Å². The van der Waals surface area contributed by atoms with E-state index in [1.165, 1.54) is 11.1 Å². The SMILES string of the molecule is COc1cc2c(cc1OC)CN(C[C@H]1O[C@@H](c3cccc(N)c3)O[C@@H](c3ccc(CO)cc3)[C@H]1C)CC2.